The summed E-state index contributed by atoms with van der Waals surface area (Å²) in [5, 5.41) is 3.58. The van der Waals surface area contributed by atoms with Gasteiger partial charge in [0.25, 0.3) is 0 Å². The van der Waals surface area contributed by atoms with Gasteiger partial charge >= 0.3 is 0 Å². The molecule has 4 aromatic rings. The van der Waals surface area contributed by atoms with Crippen LogP contribution in [0.15, 0.2) is 42.5 Å². The molecule has 9 heteroatoms. The number of nitrogen functional groups attached to an aromatic ring is 1. The number of fused-ring (bicyclic) bond motifs is 1. The van der Waals surface area contributed by atoms with Crippen molar-refractivity contribution in [3.63, 3.8) is 0 Å². The molecule has 0 amide bonds. The van der Waals surface area contributed by atoms with E-state index in [1.54, 1.807) is 35.8 Å². The van der Waals surface area contributed by atoms with Gasteiger partial charge in [0.1, 0.15) is 17.5 Å². The molecule has 0 spiro atoms. The molecule has 136 valence electrons. The van der Waals surface area contributed by atoms with Crippen molar-refractivity contribution in [1.82, 2.24) is 19.5 Å². The van der Waals surface area contributed by atoms with Crippen LogP contribution in [0.3, 0.4) is 0 Å². The highest BCUT2D eigenvalue weighted by Gasteiger charge is 2.15. The molecule has 0 aliphatic heterocycles. The van der Waals surface area contributed by atoms with E-state index in [0.717, 1.165) is 12.1 Å². The number of rotatable bonds is 3. The summed E-state index contributed by atoms with van der Waals surface area (Å²) in [5.74, 6) is -0.620. The Morgan fingerprint density at radius 3 is 2.59 bits per heavy atom. The van der Waals surface area contributed by atoms with Crippen molar-refractivity contribution in [2.75, 3.05) is 11.1 Å². The van der Waals surface area contributed by atoms with Gasteiger partial charge < -0.3 is 11.1 Å². The number of nitrogens with two attached hydrogens (primary N) is 1. The SMILES string of the molecule is Cc1nc2cc(F)c(F)cc2n1-c1cc(N)nc(Nc2cccc(Cl)c2)n1. The van der Waals surface area contributed by atoms with Crippen LogP contribution in [0.5, 0.6) is 0 Å². The minimum atomic E-state index is -0.969. The van der Waals surface area contributed by atoms with Gasteiger partial charge in [0.2, 0.25) is 5.95 Å². The van der Waals surface area contributed by atoms with Crippen LogP contribution in [-0.2, 0) is 0 Å². The minimum absolute atomic E-state index is 0.202. The smallest absolute Gasteiger partial charge is 0.231 e. The fourth-order valence-electron chi connectivity index (χ4n) is 2.80. The Morgan fingerprint density at radius 2 is 1.81 bits per heavy atom. The highest BCUT2D eigenvalue weighted by molar-refractivity contribution is 6.30. The van der Waals surface area contributed by atoms with Crippen LogP contribution >= 0.6 is 11.6 Å². The highest BCUT2D eigenvalue weighted by Crippen LogP contribution is 2.25. The summed E-state index contributed by atoms with van der Waals surface area (Å²) in [6.45, 7) is 1.71. The Kier molecular flexibility index (Phi) is 4.12. The monoisotopic (exact) mass is 386 g/mol. The van der Waals surface area contributed by atoms with E-state index >= 15 is 0 Å². The zero-order chi connectivity index (χ0) is 19.1. The summed E-state index contributed by atoms with van der Waals surface area (Å²) in [6.07, 6.45) is 0. The molecule has 0 fully saturated rings. The number of aromatic nitrogens is 4. The van der Waals surface area contributed by atoms with Crippen molar-refractivity contribution < 1.29 is 8.78 Å². The van der Waals surface area contributed by atoms with Crippen molar-refractivity contribution in [3.05, 3.63) is 64.9 Å². The number of halogens is 3. The third kappa shape index (κ3) is 3.26. The molecule has 0 aliphatic carbocycles. The summed E-state index contributed by atoms with van der Waals surface area (Å²) < 4.78 is 28.8. The number of anilines is 3. The van der Waals surface area contributed by atoms with Crippen LogP contribution in [0.2, 0.25) is 5.02 Å². The van der Waals surface area contributed by atoms with Gasteiger partial charge in [-0.1, -0.05) is 17.7 Å². The maximum absolute atomic E-state index is 13.7. The number of hydrogen-bond acceptors (Lipinski definition) is 5. The minimum Gasteiger partial charge on any atom is -0.383 e. The Labute approximate surface area is 157 Å². The van der Waals surface area contributed by atoms with Crippen molar-refractivity contribution in [1.29, 1.82) is 0 Å². The molecule has 0 bridgehead atoms. The summed E-state index contributed by atoms with van der Waals surface area (Å²) in [7, 11) is 0. The number of benzene rings is 2. The first-order valence-electron chi connectivity index (χ1n) is 7.92. The van der Waals surface area contributed by atoms with Crippen LogP contribution in [0.4, 0.5) is 26.2 Å². The van der Waals surface area contributed by atoms with Crippen molar-refractivity contribution in [2.24, 2.45) is 0 Å². The van der Waals surface area contributed by atoms with Gasteiger partial charge in [0.15, 0.2) is 11.6 Å². The highest BCUT2D eigenvalue weighted by atomic mass is 35.5. The Morgan fingerprint density at radius 1 is 1.04 bits per heavy atom. The van der Waals surface area contributed by atoms with Crippen molar-refractivity contribution in [3.8, 4) is 5.82 Å². The first-order chi connectivity index (χ1) is 12.9. The second kappa shape index (κ2) is 6.48. The standard InChI is InChI=1S/C18H13ClF2N6/c1-9-23-14-6-12(20)13(21)7-15(14)27(9)17-8-16(22)25-18(26-17)24-11-4-2-3-10(19)5-11/h2-8H,1H3,(H3,22,24,25,26). The zero-order valence-corrected chi connectivity index (χ0v) is 14.8. The van der Waals surface area contributed by atoms with E-state index in [-0.39, 0.29) is 11.8 Å². The average Bonchev–Trinajstić information content (AvgIpc) is 2.89. The Hall–Kier alpha value is -3.26. The third-order valence-electron chi connectivity index (χ3n) is 3.91. The normalized spacial score (nSPS) is 11.1. The summed E-state index contributed by atoms with van der Waals surface area (Å²) in [5.41, 5.74) is 7.28. The molecule has 2 aromatic heterocycles. The Bertz CT molecular complexity index is 1170. The lowest BCUT2D eigenvalue weighted by Gasteiger charge is -2.10. The molecular formula is C18H13ClF2N6. The predicted octanol–water partition coefficient (Wildman–Crippen LogP) is 4.38. The Balaban J connectivity index is 1.83. The van der Waals surface area contributed by atoms with Crippen molar-refractivity contribution >= 4 is 40.1 Å². The van der Waals surface area contributed by atoms with E-state index in [1.165, 1.54) is 6.07 Å². The van der Waals surface area contributed by atoms with Gasteiger partial charge in [-0.3, -0.25) is 4.57 Å². The fourth-order valence-corrected chi connectivity index (χ4v) is 2.99. The van der Waals surface area contributed by atoms with Gasteiger partial charge in [-0.2, -0.15) is 9.97 Å². The first kappa shape index (κ1) is 17.2. The van der Waals surface area contributed by atoms with Crippen LogP contribution in [0, 0.1) is 18.6 Å². The molecular weight excluding hydrogens is 374 g/mol. The molecule has 0 saturated heterocycles. The quantitative estimate of drug-likeness (QED) is 0.546. The molecule has 2 heterocycles. The number of aryl methyl sites for hydroxylation is 1. The predicted molar refractivity (Wildman–Crippen MR) is 100 cm³/mol. The molecule has 27 heavy (non-hydrogen) atoms. The molecule has 4 rings (SSSR count). The molecule has 0 atom stereocenters. The molecule has 0 radical (unpaired) electrons. The third-order valence-corrected chi connectivity index (χ3v) is 4.14. The number of imidazole rings is 1. The molecule has 0 saturated carbocycles. The molecule has 0 unspecified atom stereocenters. The summed E-state index contributed by atoms with van der Waals surface area (Å²) >= 11 is 5.98. The van der Waals surface area contributed by atoms with E-state index in [0.29, 0.717) is 33.4 Å². The topological polar surface area (TPSA) is 81.7 Å². The number of nitrogens with zero attached hydrogens (tertiary/aromatic N) is 4. The van der Waals surface area contributed by atoms with E-state index in [2.05, 4.69) is 20.3 Å². The van der Waals surface area contributed by atoms with Crippen molar-refractivity contribution in [2.45, 2.75) is 6.92 Å². The second-order valence-corrected chi connectivity index (χ2v) is 6.30. The molecule has 6 nitrogen and oxygen atoms in total. The number of hydrogen-bond donors (Lipinski definition) is 2. The summed E-state index contributed by atoms with van der Waals surface area (Å²) in [4.78, 5) is 12.8. The molecule has 0 aliphatic rings. The van der Waals surface area contributed by atoms with Gasteiger partial charge in [-0.25, -0.2) is 13.8 Å². The molecule has 3 N–H and O–H groups in total. The number of nitrogens with one attached hydrogen (secondary N) is 1. The van der Waals surface area contributed by atoms with Gasteiger partial charge in [-0.05, 0) is 25.1 Å². The lowest BCUT2D eigenvalue weighted by atomic mass is 10.3. The van der Waals surface area contributed by atoms with Crippen LogP contribution in [0.1, 0.15) is 5.82 Å². The average molecular weight is 387 g/mol. The van der Waals surface area contributed by atoms with E-state index in [1.807, 2.05) is 0 Å². The van der Waals surface area contributed by atoms with Crippen LogP contribution < -0.4 is 11.1 Å². The molecule has 2 aromatic carbocycles. The maximum atomic E-state index is 13.7. The van der Waals surface area contributed by atoms with E-state index < -0.39 is 11.6 Å². The first-order valence-corrected chi connectivity index (χ1v) is 8.30. The fraction of sp³-hybridized carbons (Fsp3) is 0.0556. The second-order valence-electron chi connectivity index (χ2n) is 5.86. The van der Waals surface area contributed by atoms with Gasteiger partial charge in [0, 0.05) is 28.9 Å². The van der Waals surface area contributed by atoms with Gasteiger partial charge in [0.05, 0.1) is 11.0 Å². The maximum Gasteiger partial charge on any atom is 0.231 e. The lowest BCUT2D eigenvalue weighted by molar-refractivity contribution is 0.510. The largest absolute Gasteiger partial charge is 0.383 e. The zero-order valence-electron chi connectivity index (χ0n) is 14.0. The summed E-state index contributed by atoms with van der Waals surface area (Å²) in [6, 6.07) is 10.7. The van der Waals surface area contributed by atoms with E-state index in [4.69, 9.17) is 17.3 Å². The van der Waals surface area contributed by atoms with Gasteiger partial charge in [-0.15, -0.1) is 0 Å². The van der Waals surface area contributed by atoms with Crippen LogP contribution in [-0.4, -0.2) is 19.5 Å². The van der Waals surface area contributed by atoms with Crippen LogP contribution in [0.25, 0.3) is 16.9 Å². The lowest BCUT2D eigenvalue weighted by Crippen LogP contribution is -2.07. The van der Waals surface area contributed by atoms with E-state index in [9.17, 15) is 8.78 Å².